The van der Waals surface area contributed by atoms with Crippen LogP contribution >= 0.6 is 0 Å². The quantitative estimate of drug-likeness (QED) is 0.686. The van der Waals surface area contributed by atoms with Crippen LogP contribution in [0.1, 0.15) is 24.2 Å². The number of anilines is 1. The summed E-state index contributed by atoms with van der Waals surface area (Å²) in [6, 6.07) is 12.1. The number of carbonyl (C=O) groups excluding carboxylic acids is 1. The summed E-state index contributed by atoms with van der Waals surface area (Å²) in [6.07, 6.45) is -0.363. The first-order valence-electron chi connectivity index (χ1n) is 8.94. The highest BCUT2D eigenvalue weighted by molar-refractivity contribution is 7.92. The molecule has 1 aliphatic rings. The SMILES string of the molecule is COc1ccc(NS(=O)(=O)c2cccc(C(=O)OC[C@H]3COC(C)(C)O3)c2)cc1. The normalized spacial score (nSPS) is 18.2. The van der Waals surface area contributed by atoms with Gasteiger partial charge in [-0.3, -0.25) is 4.72 Å². The van der Waals surface area contributed by atoms with E-state index >= 15 is 0 Å². The minimum atomic E-state index is -3.88. The number of hydrogen-bond donors (Lipinski definition) is 1. The van der Waals surface area contributed by atoms with Crippen LogP contribution in [0.2, 0.25) is 0 Å². The molecule has 156 valence electrons. The molecule has 0 spiro atoms. The summed E-state index contributed by atoms with van der Waals surface area (Å²) in [4.78, 5) is 12.3. The lowest BCUT2D eigenvalue weighted by Gasteiger charge is -2.17. The van der Waals surface area contributed by atoms with Gasteiger partial charge in [0, 0.05) is 5.69 Å². The number of rotatable bonds is 7. The van der Waals surface area contributed by atoms with E-state index in [9.17, 15) is 13.2 Å². The molecule has 1 N–H and O–H groups in total. The van der Waals surface area contributed by atoms with E-state index in [-0.39, 0.29) is 23.2 Å². The van der Waals surface area contributed by atoms with E-state index in [4.69, 9.17) is 18.9 Å². The Hall–Kier alpha value is -2.62. The lowest BCUT2D eigenvalue weighted by molar-refractivity contribution is -0.142. The number of nitrogens with one attached hydrogen (secondary N) is 1. The van der Waals surface area contributed by atoms with E-state index in [1.54, 1.807) is 38.1 Å². The lowest BCUT2D eigenvalue weighted by Crippen LogP contribution is -2.25. The summed E-state index contributed by atoms with van der Waals surface area (Å²) >= 11 is 0. The molecule has 0 amide bonds. The maximum atomic E-state index is 12.6. The van der Waals surface area contributed by atoms with E-state index in [0.717, 1.165) is 0 Å². The third-order valence-corrected chi connectivity index (χ3v) is 5.57. The molecule has 3 rings (SSSR count). The number of carbonyl (C=O) groups is 1. The molecule has 1 fully saturated rings. The van der Waals surface area contributed by atoms with Crippen LogP contribution in [0, 0.1) is 0 Å². The van der Waals surface area contributed by atoms with Gasteiger partial charge in [0.2, 0.25) is 0 Å². The number of ether oxygens (including phenoxy) is 4. The molecule has 1 saturated heterocycles. The number of esters is 1. The van der Waals surface area contributed by atoms with Gasteiger partial charge in [0.15, 0.2) is 5.79 Å². The Morgan fingerprint density at radius 2 is 1.93 bits per heavy atom. The van der Waals surface area contributed by atoms with Gasteiger partial charge >= 0.3 is 5.97 Å². The van der Waals surface area contributed by atoms with Gasteiger partial charge in [-0.05, 0) is 56.3 Å². The van der Waals surface area contributed by atoms with Crippen molar-refractivity contribution in [2.24, 2.45) is 0 Å². The van der Waals surface area contributed by atoms with Crippen LogP contribution in [0.5, 0.6) is 5.75 Å². The van der Waals surface area contributed by atoms with Crippen molar-refractivity contribution in [3.8, 4) is 5.75 Å². The van der Waals surface area contributed by atoms with Crippen LogP contribution in [0.3, 0.4) is 0 Å². The van der Waals surface area contributed by atoms with E-state index in [1.165, 1.54) is 31.4 Å². The molecule has 0 saturated carbocycles. The predicted octanol–water partition coefficient (Wildman–Crippen LogP) is 2.80. The average molecular weight is 421 g/mol. The Kier molecular flexibility index (Phi) is 6.11. The summed E-state index contributed by atoms with van der Waals surface area (Å²) in [5.74, 6) is -0.740. The minimum Gasteiger partial charge on any atom is -0.497 e. The molecular weight excluding hydrogens is 398 g/mol. The zero-order chi connectivity index (χ0) is 21.1. The molecule has 2 aromatic carbocycles. The van der Waals surface area contributed by atoms with Crippen LogP contribution < -0.4 is 9.46 Å². The third kappa shape index (κ3) is 5.47. The Bertz CT molecular complexity index is 971. The first-order valence-corrected chi connectivity index (χ1v) is 10.4. The second-order valence-corrected chi connectivity index (χ2v) is 8.59. The van der Waals surface area contributed by atoms with Crippen molar-refractivity contribution in [1.29, 1.82) is 0 Å². The van der Waals surface area contributed by atoms with Crippen molar-refractivity contribution in [1.82, 2.24) is 0 Å². The van der Waals surface area contributed by atoms with Crippen molar-refractivity contribution < 1.29 is 32.2 Å². The van der Waals surface area contributed by atoms with Crippen LogP contribution in [0.15, 0.2) is 53.4 Å². The van der Waals surface area contributed by atoms with E-state index in [0.29, 0.717) is 18.0 Å². The predicted molar refractivity (Wildman–Crippen MR) is 105 cm³/mol. The molecular formula is C20H23NO7S. The summed E-state index contributed by atoms with van der Waals surface area (Å²) in [5, 5.41) is 0. The highest BCUT2D eigenvalue weighted by atomic mass is 32.2. The summed E-state index contributed by atoms with van der Waals surface area (Å²) < 4.78 is 49.0. The lowest BCUT2D eigenvalue weighted by atomic mass is 10.2. The van der Waals surface area contributed by atoms with Crippen molar-refractivity contribution in [3.05, 3.63) is 54.1 Å². The molecule has 1 aliphatic heterocycles. The fourth-order valence-corrected chi connectivity index (χ4v) is 3.86. The second kappa shape index (κ2) is 8.40. The molecule has 1 atom stereocenters. The van der Waals surface area contributed by atoms with Crippen LogP contribution in [-0.2, 0) is 24.2 Å². The van der Waals surface area contributed by atoms with Crippen molar-refractivity contribution >= 4 is 21.7 Å². The topological polar surface area (TPSA) is 100 Å². The first-order chi connectivity index (χ1) is 13.7. The second-order valence-electron chi connectivity index (χ2n) is 6.91. The maximum Gasteiger partial charge on any atom is 0.338 e. The minimum absolute atomic E-state index is 0.0172. The van der Waals surface area contributed by atoms with Gasteiger partial charge < -0.3 is 18.9 Å². The largest absolute Gasteiger partial charge is 0.497 e. The smallest absolute Gasteiger partial charge is 0.338 e. The molecule has 0 aliphatic carbocycles. The summed E-state index contributed by atoms with van der Waals surface area (Å²) in [7, 11) is -2.35. The monoisotopic (exact) mass is 421 g/mol. The molecule has 2 aromatic rings. The zero-order valence-electron chi connectivity index (χ0n) is 16.4. The summed E-state index contributed by atoms with van der Waals surface area (Å²) in [6.45, 7) is 3.89. The van der Waals surface area contributed by atoms with E-state index < -0.39 is 21.8 Å². The fourth-order valence-electron chi connectivity index (χ4n) is 2.76. The van der Waals surface area contributed by atoms with Gasteiger partial charge in [-0.15, -0.1) is 0 Å². The number of sulfonamides is 1. The van der Waals surface area contributed by atoms with Crippen LogP contribution in [0.25, 0.3) is 0 Å². The standard InChI is InChI=1S/C20H23NO7S/c1-20(2)27-13-17(28-20)12-26-19(22)14-5-4-6-18(11-14)29(23,24)21-15-7-9-16(25-3)10-8-15/h4-11,17,21H,12-13H2,1-3H3/t17-/m0/s1. The molecule has 0 radical (unpaired) electrons. The molecule has 9 heteroatoms. The molecule has 29 heavy (non-hydrogen) atoms. The number of methoxy groups -OCH3 is 1. The highest BCUT2D eigenvalue weighted by Crippen LogP contribution is 2.23. The molecule has 8 nitrogen and oxygen atoms in total. The maximum absolute atomic E-state index is 12.6. The van der Waals surface area contributed by atoms with Crippen molar-refractivity contribution in [2.75, 3.05) is 25.0 Å². The Balaban J connectivity index is 1.66. The average Bonchev–Trinajstić information content (AvgIpc) is 3.05. The third-order valence-electron chi connectivity index (χ3n) is 4.19. The Morgan fingerprint density at radius 1 is 1.21 bits per heavy atom. The first kappa shape index (κ1) is 21.1. The van der Waals surface area contributed by atoms with E-state index in [1.807, 2.05) is 0 Å². The molecule has 0 aromatic heterocycles. The van der Waals surface area contributed by atoms with Gasteiger partial charge in [-0.25, -0.2) is 13.2 Å². The number of hydrogen-bond acceptors (Lipinski definition) is 7. The van der Waals surface area contributed by atoms with Gasteiger partial charge in [0.05, 0.1) is 24.2 Å². The van der Waals surface area contributed by atoms with E-state index in [2.05, 4.69) is 4.72 Å². The Morgan fingerprint density at radius 3 is 2.55 bits per heavy atom. The van der Waals surface area contributed by atoms with Gasteiger partial charge in [0.1, 0.15) is 18.5 Å². The summed E-state index contributed by atoms with van der Waals surface area (Å²) in [5.41, 5.74) is 0.501. The highest BCUT2D eigenvalue weighted by Gasteiger charge is 2.33. The van der Waals surface area contributed by atoms with Gasteiger partial charge in [-0.2, -0.15) is 0 Å². The molecule has 0 bridgehead atoms. The zero-order valence-corrected chi connectivity index (χ0v) is 17.2. The van der Waals surface area contributed by atoms with Crippen molar-refractivity contribution in [2.45, 2.75) is 30.6 Å². The van der Waals surface area contributed by atoms with Crippen LogP contribution in [-0.4, -0.2) is 46.6 Å². The molecule has 0 unspecified atom stereocenters. The van der Waals surface area contributed by atoms with Crippen LogP contribution in [0.4, 0.5) is 5.69 Å². The fraction of sp³-hybridized carbons (Fsp3) is 0.350. The van der Waals surface area contributed by atoms with Gasteiger partial charge in [0.25, 0.3) is 10.0 Å². The number of benzene rings is 2. The molecule has 1 heterocycles. The van der Waals surface area contributed by atoms with Crippen molar-refractivity contribution in [3.63, 3.8) is 0 Å². The Labute approximate surface area is 169 Å². The van der Waals surface area contributed by atoms with Gasteiger partial charge in [-0.1, -0.05) is 6.07 Å².